The second-order valence-electron chi connectivity index (χ2n) is 3.30. The quantitative estimate of drug-likeness (QED) is 0.336. The Hall–Kier alpha value is -1.49. The maximum atomic E-state index is 5.38. The van der Waals surface area contributed by atoms with Crippen molar-refractivity contribution in [2.24, 2.45) is 10.8 Å². The van der Waals surface area contributed by atoms with E-state index in [1.54, 1.807) is 6.26 Å². The average molecular weight is 210 g/mol. The summed E-state index contributed by atoms with van der Waals surface area (Å²) in [4.78, 5) is 6.17. The number of furan rings is 1. The highest BCUT2D eigenvalue weighted by molar-refractivity contribution is 5.79. The third kappa shape index (κ3) is 2.99. The van der Waals surface area contributed by atoms with Gasteiger partial charge in [-0.1, -0.05) is 0 Å². The summed E-state index contributed by atoms with van der Waals surface area (Å²) >= 11 is 0. The van der Waals surface area contributed by atoms with Crippen LogP contribution >= 0.6 is 0 Å². The van der Waals surface area contributed by atoms with Gasteiger partial charge in [-0.15, -0.1) is 0 Å². The minimum absolute atomic E-state index is 0.679. The minimum Gasteiger partial charge on any atom is -0.469 e. The Kier molecular flexibility index (Phi) is 4.17. The van der Waals surface area contributed by atoms with Gasteiger partial charge in [0.05, 0.1) is 6.26 Å². The molecule has 0 aliphatic heterocycles. The summed E-state index contributed by atoms with van der Waals surface area (Å²) in [6.07, 6.45) is 1.69. The first-order chi connectivity index (χ1) is 7.19. The van der Waals surface area contributed by atoms with E-state index in [0.29, 0.717) is 12.5 Å². The van der Waals surface area contributed by atoms with Gasteiger partial charge in [0, 0.05) is 25.7 Å². The van der Waals surface area contributed by atoms with Crippen LogP contribution in [-0.2, 0) is 6.54 Å². The number of rotatable bonds is 3. The smallest absolute Gasteiger partial charge is 0.208 e. The highest BCUT2D eigenvalue weighted by atomic mass is 16.3. The number of aliphatic imine (C=N–C) groups is 1. The van der Waals surface area contributed by atoms with Crippen LogP contribution in [0.5, 0.6) is 0 Å². The van der Waals surface area contributed by atoms with Crippen molar-refractivity contribution in [3.05, 3.63) is 23.7 Å². The van der Waals surface area contributed by atoms with Gasteiger partial charge in [-0.25, -0.2) is 5.84 Å². The van der Waals surface area contributed by atoms with Gasteiger partial charge in [0.25, 0.3) is 0 Å². The molecule has 0 saturated carbocycles. The van der Waals surface area contributed by atoms with Crippen molar-refractivity contribution in [3.8, 4) is 0 Å². The number of nitrogens with two attached hydrogens (primary N) is 1. The van der Waals surface area contributed by atoms with Gasteiger partial charge in [0.2, 0.25) is 5.96 Å². The number of guanidine groups is 1. The highest BCUT2D eigenvalue weighted by Gasteiger charge is 2.08. The van der Waals surface area contributed by atoms with Crippen molar-refractivity contribution in [1.29, 1.82) is 0 Å². The zero-order valence-electron chi connectivity index (χ0n) is 9.45. The largest absolute Gasteiger partial charge is 0.469 e. The van der Waals surface area contributed by atoms with Gasteiger partial charge in [-0.05, 0) is 19.9 Å². The van der Waals surface area contributed by atoms with Gasteiger partial charge >= 0.3 is 0 Å². The molecule has 5 heteroatoms. The lowest BCUT2D eigenvalue weighted by Gasteiger charge is -2.19. The van der Waals surface area contributed by atoms with Gasteiger partial charge < -0.3 is 9.32 Å². The molecule has 0 aliphatic carbocycles. The molecule has 0 aliphatic rings. The van der Waals surface area contributed by atoms with E-state index in [4.69, 9.17) is 10.3 Å². The van der Waals surface area contributed by atoms with Gasteiger partial charge in [0.15, 0.2) is 0 Å². The first-order valence-electron chi connectivity index (χ1n) is 4.94. The zero-order chi connectivity index (χ0) is 11.3. The molecule has 84 valence electrons. The molecule has 0 amide bonds. The van der Waals surface area contributed by atoms with Crippen LogP contribution in [0.15, 0.2) is 21.7 Å². The summed E-state index contributed by atoms with van der Waals surface area (Å²) in [7, 11) is 1.93. The lowest BCUT2D eigenvalue weighted by atomic mass is 10.2. The molecule has 3 N–H and O–H groups in total. The number of hydrogen-bond donors (Lipinski definition) is 2. The first-order valence-corrected chi connectivity index (χ1v) is 4.94. The SMILES string of the molecule is CCN=C(NN)N(C)Cc1ccoc1C. The van der Waals surface area contributed by atoms with E-state index in [9.17, 15) is 0 Å². The lowest BCUT2D eigenvalue weighted by molar-refractivity contribution is 0.464. The molecule has 1 heterocycles. The second-order valence-corrected chi connectivity index (χ2v) is 3.30. The standard InChI is InChI=1S/C10H18N4O/c1-4-12-10(13-11)14(3)7-9-5-6-15-8(9)2/h5-6H,4,7,11H2,1-3H3,(H,12,13). The Morgan fingerprint density at radius 2 is 2.40 bits per heavy atom. The monoisotopic (exact) mass is 210 g/mol. The van der Waals surface area contributed by atoms with Gasteiger partial charge in [0.1, 0.15) is 5.76 Å². The predicted molar refractivity (Wildman–Crippen MR) is 60.2 cm³/mol. The Balaban J connectivity index is 2.66. The molecule has 0 unspecified atom stereocenters. The van der Waals surface area contributed by atoms with E-state index >= 15 is 0 Å². The molecule has 0 radical (unpaired) electrons. The Bertz CT molecular complexity index is 332. The molecule has 0 bridgehead atoms. The fourth-order valence-electron chi connectivity index (χ4n) is 1.33. The number of aryl methyl sites for hydroxylation is 1. The molecule has 1 rings (SSSR count). The average Bonchev–Trinajstić information content (AvgIpc) is 2.60. The normalized spacial score (nSPS) is 11.6. The Morgan fingerprint density at radius 3 is 2.87 bits per heavy atom. The fourth-order valence-corrected chi connectivity index (χ4v) is 1.33. The Labute approximate surface area is 89.9 Å². The number of nitrogens with zero attached hydrogens (tertiary/aromatic N) is 2. The summed E-state index contributed by atoms with van der Waals surface area (Å²) in [6, 6.07) is 1.95. The van der Waals surface area contributed by atoms with Gasteiger partial charge in [-0.2, -0.15) is 0 Å². The van der Waals surface area contributed by atoms with Crippen molar-refractivity contribution in [2.45, 2.75) is 20.4 Å². The summed E-state index contributed by atoms with van der Waals surface area (Å²) in [5, 5.41) is 0. The van der Waals surface area contributed by atoms with Crippen molar-refractivity contribution in [2.75, 3.05) is 13.6 Å². The summed E-state index contributed by atoms with van der Waals surface area (Å²) in [6.45, 7) is 5.34. The zero-order valence-corrected chi connectivity index (χ0v) is 9.45. The van der Waals surface area contributed by atoms with Crippen molar-refractivity contribution in [1.82, 2.24) is 10.3 Å². The molecular weight excluding hydrogens is 192 g/mol. The minimum atomic E-state index is 0.679. The Morgan fingerprint density at radius 1 is 1.67 bits per heavy atom. The lowest BCUT2D eigenvalue weighted by Crippen LogP contribution is -2.42. The van der Waals surface area contributed by atoms with Crippen LogP contribution < -0.4 is 11.3 Å². The van der Waals surface area contributed by atoms with Crippen LogP contribution in [-0.4, -0.2) is 24.5 Å². The molecule has 0 aromatic carbocycles. The van der Waals surface area contributed by atoms with Crippen LogP contribution in [0.3, 0.4) is 0 Å². The van der Waals surface area contributed by atoms with Crippen LogP contribution in [0, 0.1) is 6.92 Å². The van der Waals surface area contributed by atoms with E-state index in [1.165, 1.54) is 0 Å². The van der Waals surface area contributed by atoms with Gasteiger partial charge in [-0.3, -0.25) is 10.4 Å². The predicted octanol–water partition coefficient (Wildman–Crippen LogP) is 0.859. The number of nitrogens with one attached hydrogen (secondary N) is 1. The van der Waals surface area contributed by atoms with E-state index in [2.05, 4.69) is 10.4 Å². The summed E-state index contributed by atoms with van der Waals surface area (Å²) in [5.41, 5.74) is 3.72. The van der Waals surface area contributed by atoms with Crippen LogP contribution in [0.25, 0.3) is 0 Å². The summed E-state index contributed by atoms with van der Waals surface area (Å²) in [5.74, 6) is 6.99. The van der Waals surface area contributed by atoms with E-state index in [-0.39, 0.29) is 0 Å². The van der Waals surface area contributed by atoms with Crippen LogP contribution in [0.4, 0.5) is 0 Å². The molecule has 0 saturated heterocycles. The highest BCUT2D eigenvalue weighted by Crippen LogP contribution is 2.10. The number of hydrogen-bond acceptors (Lipinski definition) is 3. The maximum absolute atomic E-state index is 5.38. The van der Waals surface area contributed by atoms with Crippen molar-refractivity contribution >= 4 is 5.96 Å². The molecular formula is C10H18N4O. The van der Waals surface area contributed by atoms with Crippen LogP contribution in [0.2, 0.25) is 0 Å². The molecule has 0 atom stereocenters. The molecule has 15 heavy (non-hydrogen) atoms. The second kappa shape index (κ2) is 5.41. The molecule has 1 aromatic heterocycles. The van der Waals surface area contributed by atoms with Crippen molar-refractivity contribution in [3.63, 3.8) is 0 Å². The molecule has 0 fully saturated rings. The third-order valence-electron chi connectivity index (χ3n) is 2.17. The molecule has 1 aromatic rings. The molecule has 5 nitrogen and oxygen atoms in total. The topological polar surface area (TPSA) is 66.8 Å². The fraction of sp³-hybridized carbons (Fsp3) is 0.500. The number of hydrazine groups is 1. The molecule has 0 spiro atoms. The van der Waals surface area contributed by atoms with E-state index in [0.717, 1.165) is 17.9 Å². The maximum Gasteiger partial charge on any atom is 0.208 e. The van der Waals surface area contributed by atoms with Crippen molar-refractivity contribution < 1.29 is 4.42 Å². The first kappa shape index (κ1) is 11.6. The van der Waals surface area contributed by atoms with Crippen LogP contribution in [0.1, 0.15) is 18.2 Å². The van der Waals surface area contributed by atoms with E-state index in [1.807, 2.05) is 31.9 Å². The summed E-state index contributed by atoms with van der Waals surface area (Å²) < 4.78 is 5.22. The third-order valence-corrected chi connectivity index (χ3v) is 2.17. The van der Waals surface area contributed by atoms with E-state index < -0.39 is 0 Å².